The predicted molar refractivity (Wildman–Crippen MR) is 75.7 cm³/mol. The van der Waals surface area contributed by atoms with E-state index in [9.17, 15) is 0 Å². The van der Waals surface area contributed by atoms with Gasteiger partial charge in [0.05, 0.1) is 19.8 Å². The maximum Gasteiger partial charge on any atom is 0.0701 e. The fourth-order valence-corrected chi connectivity index (χ4v) is 2.69. The van der Waals surface area contributed by atoms with Gasteiger partial charge in [-0.3, -0.25) is 0 Å². The second-order valence-electron chi connectivity index (χ2n) is 3.63. The Morgan fingerprint density at radius 1 is 1.24 bits per heavy atom. The highest BCUT2D eigenvalue weighted by Crippen LogP contribution is 2.19. The number of hydrogen-bond donors (Lipinski definition) is 1. The number of halogens is 1. The van der Waals surface area contributed by atoms with Gasteiger partial charge in [-0.1, -0.05) is 6.92 Å². The van der Waals surface area contributed by atoms with Crippen LogP contribution in [0.2, 0.25) is 0 Å². The quantitative estimate of drug-likeness (QED) is 0.672. The minimum Gasteiger partial charge on any atom is -0.379 e. The molecule has 1 aromatic heterocycles. The Morgan fingerprint density at radius 3 is 2.65 bits per heavy atom. The van der Waals surface area contributed by atoms with Crippen LogP contribution in [-0.4, -0.2) is 33.0 Å². The van der Waals surface area contributed by atoms with Crippen molar-refractivity contribution in [3.63, 3.8) is 0 Å². The van der Waals surface area contributed by atoms with E-state index >= 15 is 0 Å². The number of rotatable bonds is 10. The summed E-state index contributed by atoms with van der Waals surface area (Å²) in [5.41, 5.74) is 0. The maximum atomic E-state index is 5.43. The van der Waals surface area contributed by atoms with Gasteiger partial charge < -0.3 is 14.8 Å². The van der Waals surface area contributed by atoms with E-state index in [0.717, 1.165) is 37.2 Å². The highest BCUT2D eigenvalue weighted by molar-refractivity contribution is 9.10. The lowest BCUT2D eigenvalue weighted by molar-refractivity contribution is 0.0490. The second-order valence-corrected chi connectivity index (χ2v) is 5.54. The zero-order valence-electron chi connectivity index (χ0n) is 10.2. The van der Waals surface area contributed by atoms with Crippen LogP contribution in [0, 0.1) is 0 Å². The molecule has 0 aliphatic rings. The van der Waals surface area contributed by atoms with E-state index in [2.05, 4.69) is 39.6 Å². The van der Waals surface area contributed by atoms with Crippen LogP contribution >= 0.6 is 27.3 Å². The number of ether oxygens (including phenoxy) is 2. The van der Waals surface area contributed by atoms with Crippen molar-refractivity contribution < 1.29 is 9.47 Å². The van der Waals surface area contributed by atoms with Gasteiger partial charge in [0.25, 0.3) is 0 Å². The lowest BCUT2D eigenvalue weighted by Gasteiger charge is -2.05. The molecule has 0 spiro atoms. The van der Waals surface area contributed by atoms with Gasteiger partial charge >= 0.3 is 0 Å². The molecule has 0 aromatic carbocycles. The Balaban J connectivity index is 1.84. The van der Waals surface area contributed by atoms with Crippen LogP contribution in [0.3, 0.4) is 0 Å². The molecule has 3 nitrogen and oxygen atoms in total. The molecule has 0 unspecified atom stereocenters. The fourth-order valence-electron chi connectivity index (χ4n) is 1.27. The van der Waals surface area contributed by atoms with Crippen molar-refractivity contribution in [2.45, 2.75) is 19.9 Å². The molecule has 0 aliphatic heterocycles. The standard InChI is InChI=1S/C12H20BrNO2S/c1-2-4-15-6-7-16-5-3-14-9-12-8-11(13)10-17-12/h8,10,14H,2-7,9H2,1H3. The van der Waals surface area contributed by atoms with Crippen molar-refractivity contribution in [1.82, 2.24) is 5.32 Å². The van der Waals surface area contributed by atoms with Crippen LogP contribution in [0.4, 0.5) is 0 Å². The van der Waals surface area contributed by atoms with Crippen molar-refractivity contribution in [2.75, 3.05) is 33.0 Å². The fraction of sp³-hybridized carbons (Fsp3) is 0.667. The Hall–Kier alpha value is 0.0600. The Morgan fingerprint density at radius 2 is 2.00 bits per heavy atom. The first-order valence-corrected chi connectivity index (χ1v) is 7.59. The van der Waals surface area contributed by atoms with Crippen LogP contribution in [-0.2, 0) is 16.0 Å². The molecule has 0 saturated heterocycles. The SMILES string of the molecule is CCCOCCOCCNCc1cc(Br)cs1. The van der Waals surface area contributed by atoms with Gasteiger partial charge in [0.1, 0.15) is 0 Å². The first kappa shape index (κ1) is 15.1. The highest BCUT2D eigenvalue weighted by atomic mass is 79.9. The molecule has 0 aliphatic carbocycles. The first-order valence-electron chi connectivity index (χ1n) is 5.92. The molecule has 1 aromatic rings. The molecule has 0 saturated carbocycles. The molecule has 5 heteroatoms. The van der Waals surface area contributed by atoms with Crippen molar-refractivity contribution in [3.05, 3.63) is 20.8 Å². The van der Waals surface area contributed by atoms with E-state index in [0.29, 0.717) is 13.2 Å². The zero-order valence-corrected chi connectivity index (χ0v) is 12.6. The van der Waals surface area contributed by atoms with Crippen LogP contribution < -0.4 is 5.32 Å². The minimum absolute atomic E-state index is 0.687. The Kier molecular flexibility index (Phi) is 8.92. The van der Waals surface area contributed by atoms with Crippen molar-refractivity contribution in [2.24, 2.45) is 0 Å². The third kappa shape index (κ3) is 7.89. The van der Waals surface area contributed by atoms with Gasteiger partial charge in [0.15, 0.2) is 0 Å². The van der Waals surface area contributed by atoms with Gasteiger partial charge in [0.2, 0.25) is 0 Å². The topological polar surface area (TPSA) is 30.5 Å². The van der Waals surface area contributed by atoms with Crippen molar-refractivity contribution in [3.8, 4) is 0 Å². The van der Waals surface area contributed by atoms with E-state index in [1.165, 1.54) is 4.88 Å². The molecule has 0 amide bonds. The Bertz CT molecular complexity index is 294. The van der Waals surface area contributed by atoms with Gasteiger partial charge in [-0.15, -0.1) is 11.3 Å². The summed E-state index contributed by atoms with van der Waals surface area (Å²) < 4.78 is 11.9. The third-order valence-corrected chi connectivity index (χ3v) is 3.76. The summed E-state index contributed by atoms with van der Waals surface area (Å²) in [7, 11) is 0. The molecule has 1 rings (SSSR count). The molecule has 0 radical (unpaired) electrons. The molecular formula is C12H20BrNO2S. The summed E-state index contributed by atoms with van der Waals surface area (Å²) in [5.74, 6) is 0. The largest absolute Gasteiger partial charge is 0.379 e. The average Bonchev–Trinajstić information content (AvgIpc) is 2.73. The molecular weight excluding hydrogens is 302 g/mol. The smallest absolute Gasteiger partial charge is 0.0701 e. The van der Waals surface area contributed by atoms with E-state index in [1.54, 1.807) is 11.3 Å². The van der Waals surface area contributed by atoms with E-state index < -0.39 is 0 Å². The minimum atomic E-state index is 0.687. The van der Waals surface area contributed by atoms with Crippen LogP contribution in [0.25, 0.3) is 0 Å². The molecule has 98 valence electrons. The highest BCUT2D eigenvalue weighted by Gasteiger charge is 1.96. The molecule has 1 heterocycles. The second kappa shape index (κ2) is 10.0. The maximum absolute atomic E-state index is 5.43. The van der Waals surface area contributed by atoms with Crippen LogP contribution in [0.1, 0.15) is 18.2 Å². The summed E-state index contributed by atoms with van der Waals surface area (Å²) >= 11 is 5.20. The van der Waals surface area contributed by atoms with Gasteiger partial charge in [-0.25, -0.2) is 0 Å². The molecule has 0 fully saturated rings. The molecule has 17 heavy (non-hydrogen) atoms. The Labute approximate surface area is 116 Å². The summed E-state index contributed by atoms with van der Waals surface area (Å²) in [5, 5.41) is 5.44. The van der Waals surface area contributed by atoms with Crippen LogP contribution in [0.15, 0.2) is 15.9 Å². The van der Waals surface area contributed by atoms with E-state index in [1.807, 2.05) is 0 Å². The number of nitrogens with one attached hydrogen (secondary N) is 1. The van der Waals surface area contributed by atoms with E-state index in [-0.39, 0.29) is 0 Å². The summed E-state index contributed by atoms with van der Waals surface area (Å²) in [6.45, 7) is 6.85. The van der Waals surface area contributed by atoms with E-state index in [4.69, 9.17) is 9.47 Å². The predicted octanol–water partition coefficient (Wildman–Crippen LogP) is 3.04. The lowest BCUT2D eigenvalue weighted by Crippen LogP contribution is -2.19. The average molecular weight is 322 g/mol. The monoisotopic (exact) mass is 321 g/mol. The number of hydrogen-bond acceptors (Lipinski definition) is 4. The summed E-state index contributed by atoms with van der Waals surface area (Å²) in [6.07, 6.45) is 1.07. The number of thiophene rings is 1. The first-order chi connectivity index (χ1) is 8.33. The summed E-state index contributed by atoms with van der Waals surface area (Å²) in [6, 6.07) is 2.14. The normalized spacial score (nSPS) is 10.9. The van der Waals surface area contributed by atoms with Crippen molar-refractivity contribution >= 4 is 27.3 Å². The van der Waals surface area contributed by atoms with Gasteiger partial charge in [-0.2, -0.15) is 0 Å². The third-order valence-electron chi connectivity index (χ3n) is 2.06. The summed E-state index contributed by atoms with van der Waals surface area (Å²) in [4.78, 5) is 1.34. The molecule has 0 bridgehead atoms. The molecule has 0 atom stereocenters. The van der Waals surface area contributed by atoms with Gasteiger partial charge in [0, 0.05) is 34.4 Å². The lowest BCUT2D eigenvalue weighted by atomic mass is 10.4. The van der Waals surface area contributed by atoms with Gasteiger partial charge in [-0.05, 0) is 28.4 Å². The molecule has 1 N–H and O–H groups in total. The van der Waals surface area contributed by atoms with Crippen molar-refractivity contribution in [1.29, 1.82) is 0 Å². The van der Waals surface area contributed by atoms with Crippen LogP contribution in [0.5, 0.6) is 0 Å². The zero-order chi connectivity index (χ0) is 12.3.